The van der Waals surface area contributed by atoms with Gasteiger partial charge >= 0.3 is 0 Å². The molecule has 0 bridgehead atoms. The first kappa shape index (κ1) is 13.2. The molecule has 3 aromatic rings. The van der Waals surface area contributed by atoms with Gasteiger partial charge in [0, 0.05) is 41.2 Å². The molecule has 0 radical (unpaired) electrons. The number of nitrogens with one attached hydrogen (secondary N) is 1. The number of benzene rings is 1. The Bertz CT molecular complexity index is 779. The van der Waals surface area contributed by atoms with Crippen LogP contribution >= 0.6 is 0 Å². The average molecular weight is 280 g/mol. The standard InChI is InChI=1S/C16H16N4O/c1-2-20(13-5-7-18-8-6-13)16(21)15-10-11-9-12(17)3-4-14(11)19-15/h3-10,19H,2,17H2,1H3. The third-order valence-corrected chi connectivity index (χ3v) is 3.41. The molecule has 1 amide bonds. The van der Waals surface area contributed by atoms with Crippen molar-refractivity contribution >= 4 is 28.2 Å². The van der Waals surface area contributed by atoms with E-state index >= 15 is 0 Å². The van der Waals surface area contributed by atoms with Crippen LogP contribution < -0.4 is 10.6 Å². The van der Waals surface area contributed by atoms with Gasteiger partial charge in [-0.3, -0.25) is 9.78 Å². The zero-order valence-corrected chi connectivity index (χ0v) is 11.7. The number of pyridine rings is 1. The average Bonchev–Trinajstić information content (AvgIpc) is 2.92. The highest BCUT2D eigenvalue weighted by Crippen LogP contribution is 2.21. The molecule has 0 aliphatic heterocycles. The molecule has 0 saturated carbocycles. The Kier molecular flexibility index (Phi) is 3.31. The fourth-order valence-corrected chi connectivity index (χ4v) is 2.38. The van der Waals surface area contributed by atoms with Gasteiger partial charge in [-0.2, -0.15) is 0 Å². The second-order valence-electron chi connectivity index (χ2n) is 4.78. The number of hydrogen-bond acceptors (Lipinski definition) is 3. The van der Waals surface area contributed by atoms with Gasteiger partial charge in [-0.05, 0) is 43.3 Å². The summed E-state index contributed by atoms with van der Waals surface area (Å²) in [5.74, 6) is -0.0709. The van der Waals surface area contributed by atoms with Crippen molar-refractivity contribution < 1.29 is 4.79 Å². The van der Waals surface area contributed by atoms with E-state index in [1.165, 1.54) is 0 Å². The van der Waals surface area contributed by atoms with Crippen molar-refractivity contribution in [2.45, 2.75) is 6.92 Å². The molecule has 1 aromatic carbocycles. The number of nitrogen functional groups attached to an aromatic ring is 1. The van der Waals surface area contributed by atoms with Crippen molar-refractivity contribution in [2.24, 2.45) is 0 Å². The molecule has 3 rings (SSSR count). The summed E-state index contributed by atoms with van der Waals surface area (Å²) >= 11 is 0. The van der Waals surface area contributed by atoms with E-state index in [1.54, 1.807) is 17.3 Å². The van der Waals surface area contributed by atoms with Crippen molar-refractivity contribution in [3.05, 3.63) is 54.5 Å². The Morgan fingerprint density at radius 2 is 2.00 bits per heavy atom. The van der Waals surface area contributed by atoms with Crippen LogP contribution in [0.1, 0.15) is 17.4 Å². The van der Waals surface area contributed by atoms with E-state index in [0.29, 0.717) is 17.9 Å². The molecule has 0 fully saturated rings. The number of H-pyrrole nitrogens is 1. The number of nitrogens with zero attached hydrogens (tertiary/aromatic N) is 2. The molecule has 5 heteroatoms. The Balaban J connectivity index is 1.98. The van der Waals surface area contributed by atoms with Gasteiger partial charge in [-0.1, -0.05) is 0 Å². The van der Waals surface area contributed by atoms with Gasteiger partial charge in [0.1, 0.15) is 5.69 Å². The van der Waals surface area contributed by atoms with Gasteiger partial charge in [0.15, 0.2) is 0 Å². The van der Waals surface area contributed by atoms with E-state index in [4.69, 9.17) is 5.73 Å². The number of amides is 1. The summed E-state index contributed by atoms with van der Waals surface area (Å²) in [5.41, 5.74) is 8.73. The van der Waals surface area contributed by atoms with Gasteiger partial charge in [0.05, 0.1) is 0 Å². The number of rotatable bonds is 3. The van der Waals surface area contributed by atoms with Crippen molar-refractivity contribution in [1.29, 1.82) is 0 Å². The quantitative estimate of drug-likeness (QED) is 0.724. The highest BCUT2D eigenvalue weighted by molar-refractivity contribution is 6.07. The monoisotopic (exact) mass is 280 g/mol. The SMILES string of the molecule is CCN(C(=O)c1cc2cc(N)ccc2[nH]1)c1ccncc1. The molecule has 3 N–H and O–H groups in total. The smallest absolute Gasteiger partial charge is 0.274 e. The van der Waals surface area contributed by atoms with E-state index in [0.717, 1.165) is 16.6 Å². The van der Waals surface area contributed by atoms with Gasteiger partial charge in [0.2, 0.25) is 0 Å². The van der Waals surface area contributed by atoms with Crippen LogP contribution in [0.5, 0.6) is 0 Å². The minimum atomic E-state index is -0.0709. The predicted octanol–water partition coefficient (Wildman–Crippen LogP) is 2.81. The van der Waals surface area contributed by atoms with Crippen molar-refractivity contribution in [1.82, 2.24) is 9.97 Å². The van der Waals surface area contributed by atoms with Gasteiger partial charge in [-0.25, -0.2) is 0 Å². The van der Waals surface area contributed by atoms with E-state index < -0.39 is 0 Å². The third-order valence-electron chi connectivity index (χ3n) is 3.41. The van der Waals surface area contributed by atoms with Crippen LogP contribution in [0.3, 0.4) is 0 Å². The number of hydrogen-bond donors (Lipinski definition) is 2. The van der Waals surface area contributed by atoms with Crippen molar-refractivity contribution in [3.8, 4) is 0 Å². The minimum absolute atomic E-state index is 0.0709. The number of fused-ring (bicyclic) bond motifs is 1. The van der Waals surface area contributed by atoms with E-state index in [-0.39, 0.29) is 5.91 Å². The fraction of sp³-hybridized carbons (Fsp3) is 0.125. The number of anilines is 2. The maximum atomic E-state index is 12.7. The first-order valence-electron chi connectivity index (χ1n) is 6.79. The topological polar surface area (TPSA) is 75.0 Å². The summed E-state index contributed by atoms with van der Waals surface area (Å²) in [7, 11) is 0. The Hall–Kier alpha value is -2.82. The second kappa shape index (κ2) is 5.28. The first-order chi connectivity index (χ1) is 10.2. The summed E-state index contributed by atoms with van der Waals surface area (Å²) in [6.07, 6.45) is 3.36. The molecular weight excluding hydrogens is 264 g/mol. The minimum Gasteiger partial charge on any atom is -0.399 e. The molecule has 0 spiro atoms. The molecule has 0 saturated heterocycles. The van der Waals surface area contributed by atoms with Gasteiger partial charge in [-0.15, -0.1) is 0 Å². The largest absolute Gasteiger partial charge is 0.399 e. The molecule has 21 heavy (non-hydrogen) atoms. The van der Waals surface area contributed by atoms with E-state index in [9.17, 15) is 4.79 Å². The van der Waals surface area contributed by atoms with E-state index in [2.05, 4.69) is 9.97 Å². The molecule has 0 aliphatic rings. The van der Waals surface area contributed by atoms with Crippen LogP contribution in [-0.4, -0.2) is 22.4 Å². The maximum Gasteiger partial charge on any atom is 0.274 e. The molecule has 106 valence electrons. The summed E-state index contributed by atoms with van der Waals surface area (Å²) < 4.78 is 0. The summed E-state index contributed by atoms with van der Waals surface area (Å²) in [6.45, 7) is 2.53. The molecule has 0 aliphatic carbocycles. The Labute approximate surface area is 122 Å². The molecule has 2 aromatic heterocycles. The zero-order chi connectivity index (χ0) is 14.8. The van der Waals surface area contributed by atoms with Crippen LogP contribution in [0.25, 0.3) is 10.9 Å². The fourth-order valence-electron chi connectivity index (χ4n) is 2.38. The highest BCUT2D eigenvalue weighted by atomic mass is 16.2. The van der Waals surface area contributed by atoms with E-state index in [1.807, 2.05) is 43.3 Å². The normalized spacial score (nSPS) is 10.7. The Morgan fingerprint density at radius 3 is 2.71 bits per heavy atom. The first-order valence-corrected chi connectivity index (χ1v) is 6.79. The lowest BCUT2D eigenvalue weighted by Crippen LogP contribution is -2.30. The van der Waals surface area contributed by atoms with Crippen LogP contribution in [0.4, 0.5) is 11.4 Å². The van der Waals surface area contributed by atoms with Crippen LogP contribution in [0.2, 0.25) is 0 Å². The van der Waals surface area contributed by atoms with Crippen LogP contribution in [-0.2, 0) is 0 Å². The highest BCUT2D eigenvalue weighted by Gasteiger charge is 2.18. The molecular formula is C16H16N4O. The number of carbonyl (C=O) groups is 1. The van der Waals surface area contributed by atoms with Crippen molar-refractivity contribution in [2.75, 3.05) is 17.2 Å². The number of aromatic amines is 1. The number of carbonyl (C=O) groups excluding carboxylic acids is 1. The molecule has 0 unspecified atom stereocenters. The van der Waals surface area contributed by atoms with Gasteiger partial charge in [0.25, 0.3) is 5.91 Å². The summed E-state index contributed by atoms with van der Waals surface area (Å²) in [6, 6.07) is 11.0. The van der Waals surface area contributed by atoms with Crippen molar-refractivity contribution in [3.63, 3.8) is 0 Å². The second-order valence-corrected chi connectivity index (χ2v) is 4.78. The number of aromatic nitrogens is 2. The predicted molar refractivity (Wildman–Crippen MR) is 84.3 cm³/mol. The molecule has 2 heterocycles. The third kappa shape index (κ3) is 2.45. The number of nitrogens with two attached hydrogens (primary N) is 1. The summed E-state index contributed by atoms with van der Waals surface area (Å²) in [5, 5.41) is 0.934. The lowest BCUT2D eigenvalue weighted by Gasteiger charge is -2.19. The van der Waals surface area contributed by atoms with Crippen LogP contribution in [0.15, 0.2) is 48.8 Å². The summed E-state index contributed by atoms with van der Waals surface area (Å²) in [4.78, 5) is 21.5. The maximum absolute atomic E-state index is 12.7. The molecule has 5 nitrogen and oxygen atoms in total. The van der Waals surface area contributed by atoms with Gasteiger partial charge < -0.3 is 15.6 Å². The lowest BCUT2D eigenvalue weighted by molar-refractivity contribution is 0.0984. The zero-order valence-electron chi connectivity index (χ0n) is 11.7. The van der Waals surface area contributed by atoms with Crippen LogP contribution in [0, 0.1) is 0 Å². The Morgan fingerprint density at radius 1 is 1.24 bits per heavy atom. The lowest BCUT2D eigenvalue weighted by atomic mass is 10.2. The molecule has 0 atom stereocenters.